The Labute approximate surface area is 95.5 Å². The van der Waals surface area contributed by atoms with E-state index in [1.807, 2.05) is 0 Å². The lowest BCUT2D eigenvalue weighted by Crippen LogP contribution is -2.09. The molecule has 0 aliphatic carbocycles. The van der Waals surface area contributed by atoms with Gasteiger partial charge in [0.2, 0.25) is 0 Å². The second kappa shape index (κ2) is 4.31. The van der Waals surface area contributed by atoms with Crippen LogP contribution in [0.15, 0.2) is 30.5 Å². The van der Waals surface area contributed by atoms with Crippen LogP contribution in [0.4, 0.5) is 8.78 Å². The Morgan fingerprint density at radius 2 is 2.00 bits per heavy atom. The second-order valence-electron chi connectivity index (χ2n) is 3.32. The number of hydrogen-bond donors (Lipinski definition) is 1. The van der Waals surface area contributed by atoms with Gasteiger partial charge >= 0.3 is 0 Å². The quantitative estimate of drug-likeness (QED) is 0.879. The summed E-state index contributed by atoms with van der Waals surface area (Å²) in [7, 11) is 0. The average Bonchev–Trinajstić information content (AvgIpc) is 2.29. The number of aromatic nitrogens is 1. The number of halogens is 3. The lowest BCUT2D eigenvalue weighted by molar-refractivity contribution is -0.00504. The van der Waals surface area contributed by atoms with Crippen LogP contribution in [0, 0.1) is 0 Å². The van der Waals surface area contributed by atoms with Crippen molar-refractivity contribution in [1.82, 2.24) is 4.98 Å². The van der Waals surface area contributed by atoms with Crippen LogP contribution >= 0.6 is 11.6 Å². The molecule has 0 fully saturated rings. The van der Waals surface area contributed by atoms with E-state index >= 15 is 0 Å². The van der Waals surface area contributed by atoms with Crippen LogP contribution in [-0.2, 0) is 0 Å². The maximum absolute atomic E-state index is 12.4. The van der Waals surface area contributed by atoms with Crippen LogP contribution in [-0.4, -0.2) is 16.5 Å². The summed E-state index contributed by atoms with van der Waals surface area (Å²) in [6, 6.07) is 6.18. The Kier molecular flexibility index (Phi) is 3.03. The zero-order chi connectivity index (χ0) is 11.7. The zero-order valence-electron chi connectivity index (χ0n) is 8.07. The summed E-state index contributed by atoms with van der Waals surface area (Å²) in [4.78, 5) is 3.97. The highest BCUT2D eigenvalue weighted by Crippen LogP contribution is 2.30. The highest BCUT2D eigenvalue weighted by atomic mass is 35.5. The minimum atomic E-state index is -2.84. The van der Waals surface area contributed by atoms with Gasteiger partial charge in [-0.3, -0.25) is 4.98 Å². The molecule has 1 unspecified atom stereocenters. The zero-order valence-corrected chi connectivity index (χ0v) is 8.83. The number of aliphatic hydroxyl groups is 1. The van der Waals surface area contributed by atoms with E-state index < -0.39 is 12.5 Å². The predicted octanol–water partition coefficient (Wildman–Crippen LogP) is 3.19. The molecule has 0 saturated carbocycles. The van der Waals surface area contributed by atoms with Crippen LogP contribution in [0.2, 0.25) is 5.02 Å². The molecular formula is C11H8ClF2NO. The van der Waals surface area contributed by atoms with Crippen molar-refractivity contribution in [2.45, 2.75) is 12.5 Å². The first-order chi connectivity index (χ1) is 7.61. The molecule has 2 aromatic rings. The summed E-state index contributed by atoms with van der Waals surface area (Å²) in [5.74, 6) is 0. The van der Waals surface area contributed by atoms with Gasteiger partial charge in [0.25, 0.3) is 6.43 Å². The standard InChI is InChI=1S/C11H8ClF2NO/c12-8-4-3-7(10(16)11(13)14)9-6(8)2-1-5-15-9/h1-5,10-11,16H. The van der Waals surface area contributed by atoms with Crippen LogP contribution in [0.1, 0.15) is 11.7 Å². The fourth-order valence-electron chi connectivity index (χ4n) is 1.53. The van der Waals surface area contributed by atoms with Crippen molar-refractivity contribution >= 4 is 22.5 Å². The van der Waals surface area contributed by atoms with Gasteiger partial charge in [-0.15, -0.1) is 0 Å². The number of hydrogen-bond acceptors (Lipinski definition) is 2. The normalized spacial score (nSPS) is 13.3. The highest BCUT2D eigenvalue weighted by molar-refractivity contribution is 6.35. The van der Waals surface area contributed by atoms with Crippen molar-refractivity contribution in [3.8, 4) is 0 Å². The van der Waals surface area contributed by atoms with Crippen molar-refractivity contribution in [2.75, 3.05) is 0 Å². The molecule has 1 atom stereocenters. The second-order valence-corrected chi connectivity index (χ2v) is 3.72. The van der Waals surface area contributed by atoms with E-state index in [2.05, 4.69) is 4.98 Å². The Morgan fingerprint density at radius 3 is 2.69 bits per heavy atom. The van der Waals surface area contributed by atoms with E-state index in [0.717, 1.165) is 0 Å². The summed E-state index contributed by atoms with van der Waals surface area (Å²) in [6.45, 7) is 0. The number of alkyl halides is 2. The third kappa shape index (κ3) is 1.86. The number of benzene rings is 1. The van der Waals surface area contributed by atoms with Gasteiger partial charge in [-0.05, 0) is 18.2 Å². The van der Waals surface area contributed by atoms with Gasteiger partial charge in [-0.1, -0.05) is 17.7 Å². The summed E-state index contributed by atoms with van der Waals surface area (Å²) in [5.41, 5.74) is 0.401. The molecule has 1 aromatic heterocycles. The molecule has 1 aromatic carbocycles. The molecule has 0 amide bonds. The molecule has 84 valence electrons. The molecule has 0 spiro atoms. The first-order valence-corrected chi connectivity index (χ1v) is 4.98. The Bertz CT molecular complexity index is 518. The fourth-order valence-corrected chi connectivity index (χ4v) is 1.75. The van der Waals surface area contributed by atoms with E-state index in [-0.39, 0.29) is 5.56 Å². The van der Waals surface area contributed by atoms with E-state index in [4.69, 9.17) is 11.6 Å². The number of fused-ring (bicyclic) bond motifs is 1. The lowest BCUT2D eigenvalue weighted by atomic mass is 10.1. The molecule has 0 aliphatic heterocycles. The number of rotatable bonds is 2. The Morgan fingerprint density at radius 1 is 1.25 bits per heavy atom. The van der Waals surface area contributed by atoms with Gasteiger partial charge < -0.3 is 5.11 Å². The van der Waals surface area contributed by atoms with Crippen LogP contribution in [0.25, 0.3) is 10.9 Å². The van der Waals surface area contributed by atoms with Crippen molar-refractivity contribution in [2.24, 2.45) is 0 Å². The molecule has 0 aliphatic rings. The molecule has 1 heterocycles. The topological polar surface area (TPSA) is 33.1 Å². The minimum Gasteiger partial charge on any atom is -0.382 e. The lowest BCUT2D eigenvalue weighted by Gasteiger charge is -2.12. The number of nitrogens with zero attached hydrogens (tertiary/aromatic N) is 1. The molecule has 1 N–H and O–H groups in total. The summed E-state index contributed by atoms with van der Waals surface area (Å²) in [6.07, 6.45) is -3.21. The van der Waals surface area contributed by atoms with Crippen LogP contribution in [0.5, 0.6) is 0 Å². The summed E-state index contributed by atoms with van der Waals surface area (Å²) >= 11 is 5.90. The van der Waals surface area contributed by atoms with Crippen molar-refractivity contribution in [3.05, 3.63) is 41.0 Å². The SMILES string of the molecule is OC(c1ccc(Cl)c2cccnc12)C(F)F. The molecule has 2 rings (SSSR count). The van der Waals surface area contributed by atoms with Crippen molar-refractivity contribution in [1.29, 1.82) is 0 Å². The number of aliphatic hydroxyl groups excluding tert-OH is 1. The van der Waals surface area contributed by atoms with E-state index in [0.29, 0.717) is 15.9 Å². The minimum absolute atomic E-state index is 0.0926. The van der Waals surface area contributed by atoms with E-state index in [1.165, 1.54) is 18.3 Å². The van der Waals surface area contributed by atoms with Gasteiger partial charge in [0, 0.05) is 22.2 Å². The first-order valence-electron chi connectivity index (χ1n) is 4.60. The van der Waals surface area contributed by atoms with Gasteiger partial charge in [0.1, 0.15) is 6.10 Å². The largest absolute Gasteiger partial charge is 0.382 e. The number of pyridine rings is 1. The molecule has 0 bridgehead atoms. The molecule has 0 saturated heterocycles. The molecular weight excluding hydrogens is 236 g/mol. The van der Waals surface area contributed by atoms with Crippen molar-refractivity contribution < 1.29 is 13.9 Å². The smallest absolute Gasteiger partial charge is 0.268 e. The third-order valence-corrected chi connectivity index (χ3v) is 2.63. The Balaban J connectivity index is 2.67. The third-order valence-electron chi connectivity index (χ3n) is 2.30. The first kappa shape index (κ1) is 11.2. The van der Waals surface area contributed by atoms with Crippen LogP contribution < -0.4 is 0 Å². The molecule has 0 radical (unpaired) electrons. The average molecular weight is 244 g/mol. The monoisotopic (exact) mass is 243 g/mol. The fraction of sp³-hybridized carbons (Fsp3) is 0.182. The maximum Gasteiger partial charge on any atom is 0.268 e. The van der Waals surface area contributed by atoms with E-state index in [9.17, 15) is 13.9 Å². The van der Waals surface area contributed by atoms with Gasteiger partial charge in [0.05, 0.1) is 5.52 Å². The molecule has 5 heteroatoms. The van der Waals surface area contributed by atoms with Gasteiger partial charge in [0.15, 0.2) is 0 Å². The molecule has 16 heavy (non-hydrogen) atoms. The molecule has 2 nitrogen and oxygen atoms in total. The maximum atomic E-state index is 12.4. The van der Waals surface area contributed by atoms with E-state index in [1.54, 1.807) is 12.1 Å². The van der Waals surface area contributed by atoms with Crippen LogP contribution in [0.3, 0.4) is 0 Å². The van der Waals surface area contributed by atoms with Gasteiger partial charge in [-0.2, -0.15) is 0 Å². The predicted molar refractivity (Wildman–Crippen MR) is 57.7 cm³/mol. The highest BCUT2D eigenvalue weighted by Gasteiger charge is 2.22. The van der Waals surface area contributed by atoms with Crippen molar-refractivity contribution in [3.63, 3.8) is 0 Å². The summed E-state index contributed by atoms with van der Waals surface area (Å²) in [5, 5.41) is 10.3. The Hall–Kier alpha value is -1.26. The summed E-state index contributed by atoms with van der Waals surface area (Å²) < 4.78 is 24.9. The van der Waals surface area contributed by atoms with Gasteiger partial charge in [-0.25, -0.2) is 8.78 Å².